The lowest BCUT2D eigenvalue weighted by Gasteiger charge is -2.16. The number of pyridine rings is 1. The second-order valence-electron chi connectivity index (χ2n) is 9.05. The molecule has 2 N–H and O–H groups in total. The molecule has 1 saturated heterocycles. The van der Waals surface area contributed by atoms with Gasteiger partial charge in [0, 0.05) is 30.9 Å². The smallest absolute Gasteiger partial charge is 0.274 e. The highest BCUT2D eigenvalue weighted by molar-refractivity contribution is 8.76. The summed E-state index contributed by atoms with van der Waals surface area (Å²) in [5.41, 5.74) is 1.27. The van der Waals surface area contributed by atoms with Crippen molar-refractivity contribution < 1.29 is 24.3 Å². The Bertz CT molecular complexity index is 1490. The number of carbonyl (C=O) groups excluding carboxylic acids is 1. The van der Waals surface area contributed by atoms with E-state index in [1.54, 1.807) is 56.9 Å². The zero-order valence-corrected chi connectivity index (χ0v) is 23.4. The predicted molar refractivity (Wildman–Crippen MR) is 153 cm³/mol. The van der Waals surface area contributed by atoms with Crippen LogP contribution in [0.4, 0.5) is 11.5 Å². The molecule has 13 nitrogen and oxygen atoms in total. The summed E-state index contributed by atoms with van der Waals surface area (Å²) < 4.78 is 13.7. The van der Waals surface area contributed by atoms with Crippen LogP contribution < -0.4 is 5.32 Å². The van der Waals surface area contributed by atoms with Crippen molar-refractivity contribution >= 4 is 50.2 Å². The average Bonchev–Trinajstić information content (AvgIpc) is 3.61. The largest absolute Gasteiger partial charge is 0.394 e. The van der Waals surface area contributed by atoms with Crippen molar-refractivity contribution in [2.45, 2.75) is 49.3 Å². The number of rotatable bonds is 13. The highest BCUT2D eigenvalue weighted by Gasteiger charge is 2.38. The summed E-state index contributed by atoms with van der Waals surface area (Å²) in [5.74, 6) is 0.910. The normalized spacial score (nSPS) is 18.5. The van der Waals surface area contributed by atoms with E-state index >= 15 is 0 Å². The van der Waals surface area contributed by atoms with Gasteiger partial charge in [-0.3, -0.25) is 19.5 Å². The maximum Gasteiger partial charge on any atom is 0.274 e. The number of imidazole rings is 1. The lowest BCUT2D eigenvalue weighted by atomic mass is 10.1. The highest BCUT2D eigenvalue weighted by Crippen LogP contribution is 2.34. The molecule has 0 saturated carbocycles. The number of benzene rings is 1. The number of aromatic nitrogens is 5. The summed E-state index contributed by atoms with van der Waals surface area (Å²) in [6.45, 7) is -0.294. The third kappa shape index (κ3) is 7.18. The number of carbonyl (C=O) groups is 1. The number of ether oxygens (including phenoxy) is 2. The summed E-state index contributed by atoms with van der Waals surface area (Å²) in [6, 6.07) is 12.1. The first kappa shape index (κ1) is 28.9. The maximum atomic E-state index is 12.6. The SMILES string of the molecule is O=C(CCCSSc1ccccn1)Nc1ncnc2c1ncn2[C@H]1C[C@@H](OCc2ccccc2[N+](=O)[O-])[C@@H](CO)O1. The van der Waals surface area contributed by atoms with Crippen LogP contribution in [0.3, 0.4) is 0 Å². The van der Waals surface area contributed by atoms with Crippen molar-refractivity contribution in [1.29, 1.82) is 0 Å². The van der Waals surface area contributed by atoms with E-state index in [0.717, 1.165) is 10.8 Å². The van der Waals surface area contributed by atoms with E-state index in [2.05, 4.69) is 25.3 Å². The number of hydrogen-bond acceptors (Lipinski definition) is 12. The minimum absolute atomic E-state index is 0.00222. The van der Waals surface area contributed by atoms with Gasteiger partial charge in [0.05, 0.1) is 36.1 Å². The first-order chi connectivity index (χ1) is 20.0. The molecule has 214 valence electrons. The van der Waals surface area contributed by atoms with E-state index in [1.165, 1.54) is 12.4 Å². The number of nitrogens with zero attached hydrogens (tertiary/aromatic N) is 6. The van der Waals surface area contributed by atoms with E-state index in [-0.39, 0.29) is 24.8 Å². The van der Waals surface area contributed by atoms with Gasteiger partial charge < -0.3 is 19.9 Å². The van der Waals surface area contributed by atoms with Gasteiger partial charge in [-0.15, -0.1) is 0 Å². The van der Waals surface area contributed by atoms with Gasteiger partial charge in [-0.1, -0.05) is 29.0 Å². The Hall–Kier alpha value is -3.63. The van der Waals surface area contributed by atoms with Crippen LogP contribution in [-0.4, -0.2) is 65.0 Å². The molecule has 0 aliphatic carbocycles. The zero-order chi connectivity index (χ0) is 28.6. The number of fused-ring (bicyclic) bond motifs is 1. The van der Waals surface area contributed by atoms with Crippen LogP contribution in [0, 0.1) is 10.1 Å². The van der Waals surface area contributed by atoms with Crippen LogP contribution in [0.15, 0.2) is 66.3 Å². The predicted octanol–water partition coefficient (Wildman–Crippen LogP) is 4.15. The lowest BCUT2D eigenvalue weighted by molar-refractivity contribution is -0.386. The van der Waals surface area contributed by atoms with Crippen LogP contribution >= 0.6 is 21.6 Å². The monoisotopic (exact) mass is 597 g/mol. The Morgan fingerprint density at radius 3 is 2.85 bits per heavy atom. The molecular formula is C26H27N7O6S2. The molecular weight excluding hydrogens is 570 g/mol. The molecule has 1 aromatic carbocycles. The summed E-state index contributed by atoms with van der Waals surface area (Å²) in [6.07, 6.45) is 4.29. The summed E-state index contributed by atoms with van der Waals surface area (Å²) in [5, 5.41) is 25.0. The minimum atomic E-state index is -0.644. The Morgan fingerprint density at radius 1 is 1.20 bits per heavy atom. The molecule has 15 heteroatoms. The Labute approximate surface area is 242 Å². The quantitative estimate of drug-likeness (QED) is 0.0979. The topological polar surface area (TPSA) is 167 Å². The van der Waals surface area contributed by atoms with Crippen molar-refractivity contribution in [3.05, 3.63) is 77.0 Å². The second-order valence-corrected chi connectivity index (χ2v) is 11.5. The molecule has 3 aromatic heterocycles. The minimum Gasteiger partial charge on any atom is -0.394 e. The Balaban J connectivity index is 1.18. The number of hydrogen-bond donors (Lipinski definition) is 2. The molecule has 1 aliphatic heterocycles. The molecule has 0 unspecified atom stereocenters. The van der Waals surface area contributed by atoms with Crippen LogP contribution in [0.25, 0.3) is 11.2 Å². The summed E-state index contributed by atoms with van der Waals surface area (Å²) >= 11 is 0. The van der Waals surface area contributed by atoms with Gasteiger partial charge in [0.25, 0.3) is 5.69 Å². The molecule has 5 rings (SSSR count). The molecule has 4 heterocycles. The van der Waals surface area contributed by atoms with Gasteiger partial charge in [0.1, 0.15) is 23.7 Å². The van der Waals surface area contributed by atoms with E-state index in [1.807, 2.05) is 18.2 Å². The molecule has 0 bridgehead atoms. The van der Waals surface area contributed by atoms with Gasteiger partial charge in [-0.25, -0.2) is 19.9 Å². The van der Waals surface area contributed by atoms with E-state index < -0.39 is 23.4 Å². The number of para-hydroxylation sites is 1. The first-order valence-electron chi connectivity index (χ1n) is 12.8. The van der Waals surface area contributed by atoms with Crippen molar-refractivity contribution in [1.82, 2.24) is 24.5 Å². The molecule has 0 radical (unpaired) electrons. The van der Waals surface area contributed by atoms with Crippen molar-refractivity contribution in [3.63, 3.8) is 0 Å². The molecule has 4 aromatic rings. The number of nitro benzene ring substituents is 1. The van der Waals surface area contributed by atoms with E-state index in [9.17, 15) is 20.0 Å². The van der Waals surface area contributed by atoms with E-state index in [0.29, 0.717) is 41.8 Å². The zero-order valence-electron chi connectivity index (χ0n) is 21.7. The van der Waals surface area contributed by atoms with Crippen LogP contribution in [-0.2, 0) is 20.9 Å². The standard InChI is InChI=1S/C26H27N7O6S2/c34-13-20-19(38-14-17-6-1-2-7-18(17)33(36)37)12-23(39-20)32-16-30-24-25(28-15-29-26(24)32)31-21(35)8-5-11-40-41-22-9-3-4-10-27-22/h1-4,6-7,9-10,15-16,19-20,23,34H,5,8,11-14H2,(H,28,29,31,35)/t19-,20-,23-/m1/s1. The molecule has 1 fully saturated rings. The fourth-order valence-electron chi connectivity index (χ4n) is 4.36. The van der Waals surface area contributed by atoms with Gasteiger partial charge >= 0.3 is 0 Å². The van der Waals surface area contributed by atoms with Gasteiger partial charge in [-0.05, 0) is 35.4 Å². The third-order valence-corrected chi connectivity index (χ3v) is 8.69. The number of anilines is 1. The van der Waals surface area contributed by atoms with Crippen molar-refractivity contribution in [2.75, 3.05) is 17.7 Å². The number of amides is 1. The molecule has 0 spiro atoms. The van der Waals surface area contributed by atoms with Gasteiger partial charge in [-0.2, -0.15) is 0 Å². The summed E-state index contributed by atoms with van der Waals surface area (Å²) in [4.78, 5) is 40.7. The van der Waals surface area contributed by atoms with Gasteiger partial charge in [0.15, 0.2) is 17.0 Å². The lowest BCUT2D eigenvalue weighted by Crippen LogP contribution is -2.27. The Morgan fingerprint density at radius 2 is 2.05 bits per heavy atom. The van der Waals surface area contributed by atoms with Crippen LogP contribution in [0.1, 0.15) is 31.1 Å². The summed E-state index contributed by atoms with van der Waals surface area (Å²) in [7, 11) is 3.22. The average molecular weight is 598 g/mol. The highest BCUT2D eigenvalue weighted by atomic mass is 33.1. The fraction of sp³-hybridized carbons (Fsp3) is 0.346. The molecule has 1 aliphatic rings. The molecule has 1 amide bonds. The molecule has 41 heavy (non-hydrogen) atoms. The number of nitro groups is 1. The van der Waals surface area contributed by atoms with Crippen molar-refractivity contribution in [2.24, 2.45) is 0 Å². The van der Waals surface area contributed by atoms with E-state index in [4.69, 9.17) is 9.47 Å². The third-order valence-electron chi connectivity index (χ3n) is 6.34. The van der Waals surface area contributed by atoms with Crippen LogP contribution in [0.2, 0.25) is 0 Å². The molecule has 3 atom stereocenters. The second kappa shape index (κ2) is 13.8. The van der Waals surface area contributed by atoms with Gasteiger partial charge in [0.2, 0.25) is 5.91 Å². The first-order valence-corrected chi connectivity index (χ1v) is 15.1. The maximum absolute atomic E-state index is 12.6. The fourth-order valence-corrected chi connectivity index (χ4v) is 6.32. The van der Waals surface area contributed by atoms with Crippen LogP contribution in [0.5, 0.6) is 0 Å². The van der Waals surface area contributed by atoms with Crippen molar-refractivity contribution in [3.8, 4) is 0 Å². The number of aliphatic hydroxyl groups excluding tert-OH is 1. The number of aliphatic hydroxyl groups is 1. The Kier molecular flexibility index (Phi) is 9.74. The number of nitrogens with one attached hydrogen (secondary N) is 1.